The molecular formula is C27H48O5. The van der Waals surface area contributed by atoms with Crippen molar-refractivity contribution in [3.8, 4) is 0 Å². The normalized spacial score (nSPS) is 44.8. The van der Waals surface area contributed by atoms with E-state index in [4.69, 9.17) is 0 Å². The zero-order chi connectivity index (χ0) is 23.4. The van der Waals surface area contributed by atoms with E-state index in [1.165, 1.54) is 64.2 Å². The highest BCUT2D eigenvalue weighted by atomic mass is 16.7. The first-order valence-corrected chi connectivity index (χ1v) is 13.5. The standard InChI is InChI=1S/C27H48O5/c1-18(7-6-15-26(29,17-28)27(30,31)32)21-11-12-22-20-10-9-19-8-4-5-14-24(19,2)23(20)13-16-25(21,22)3/h18-23,28-32H,4-17H2,1-3H3/t18-,19+,20+,21-,22+,23+,24+,25-,26?/m1/s1. The summed E-state index contributed by atoms with van der Waals surface area (Å²) in [5, 5.41) is 47.9. The lowest BCUT2D eigenvalue weighted by atomic mass is 9.44. The predicted molar refractivity (Wildman–Crippen MR) is 124 cm³/mol. The highest BCUT2D eigenvalue weighted by molar-refractivity contribution is 5.09. The largest absolute Gasteiger partial charge is 0.393 e. The fourth-order valence-corrected chi connectivity index (χ4v) is 9.54. The van der Waals surface area contributed by atoms with Crippen LogP contribution in [0.4, 0.5) is 0 Å². The van der Waals surface area contributed by atoms with Gasteiger partial charge in [0.1, 0.15) is 0 Å². The van der Waals surface area contributed by atoms with E-state index in [2.05, 4.69) is 20.8 Å². The summed E-state index contributed by atoms with van der Waals surface area (Å²) in [4.78, 5) is 0. The summed E-state index contributed by atoms with van der Waals surface area (Å²) < 4.78 is 0. The Morgan fingerprint density at radius 3 is 2.25 bits per heavy atom. The molecule has 1 unspecified atom stereocenters. The Labute approximate surface area is 194 Å². The molecule has 4 aliphatic carbocycles. The van der Waals surface area contributed by atoms with E-state index in [9.17, 15) is 25.5 Å². The van der Waals surface area contributed by atoms with Crippen LogP contribution in [0.3, 0.4) is 0 Å². The summed E-state index contributed by atoms with van der Waals surface area (Å²) >= 11 is 0. The van der Waals surface area contributed by atoms with Crippen molar-refractivity contribution in [1.29, 1.82) is 0 Å². The van der Waals surface area contributed by atoms with Gasteiger partial charge in [-0.1, -0.05) is 40.0 Å². The van der Waals surface area contributed by atoms with Crippen LogP contribution in [0.25, 0.3) is 0 Å². The van der Waals surface area contributed by atoms with Crippen LogP contribution in [0.1, 0.15) is 104 Å². The summed E-state index contributed by atoms with van der Waals surface area (Å²) in [5.41, 5.74) is -1.33. The molecule has 0 radical (unpaired) electrons. The Morgan fingerprint density at radius 1 is 0.844 bits per heavy atom. The van der Waals surface area contributed by atoms with Crippen molar-refractivity contribution in [1.82, 2.24) is 0 Å². The quantitative estimate of drug-likeness (QED) is 0.373. The van der Waals surface area contributed by atoms with Gasteiger partial charge >= 0.3 is 5.97 Å². The molecule has 5 heteroatoms. The van der Waals surface area contributed by atoms with Gasteiger partial charge < -0.3 is 25.5 Å². The van der Waals surface area contributed by atoms with E-state index in [-0.39, 0.29) is 6.42 Å². The van der Waals surface area contributed by atoms with Crippen LogP contribution in [0.5, 0.6) is 0 Å². The molecule has 0 amide bonds. The van der Waals surface area contributed by atoms with Crippen molar-refractivity contribution in [2.75, 3.05) is 6.61 Å². The summed E-state index contributed by atoms with van der Waals surface area (Å²) in [6.45, 7) is 6.63. The average molecular weight is 453 g/mol. The minimum atomic E-state index is -3.28. The molecular weight excluding hydrogens is 404 g/mol. The van der Waals surface area contributed by atoms with E-state index in [0.717, 1.165) is 30.1 Å². The lowest BCUT2D eigenvalue weighted by Gasteiger charge is -2.61. The second-order valence-electron chi connectivity index (χ2n) is 12.8. The van der Waals surface area contributed by atoms with Crippen molar-refractivity contribution in [2.45, 2.75) is 116 Å². The van der Waals surface area contributed by atoms with Gasteiger partial charge in [-0.2, -0.15) is 0 Å². The smallest absolute Gasteiger partial charge is 0.308 e. The molecule has 9 atom stereocenters. The van der Waals surface area contributed by atoms with Crippen LogP contribution in [-0.2, 0) is 0 Å². The minimum absolute atomic E-state index is 0.0331. The Balaban J connectivity index is 1.40. The molecule has 32 heavy (non-hydrogen) atoms. The second-order valence-corrected chi connectivity index (χ2v) is 12.8. The maximum Gasteiger partial charge on any atom is 0.308 e. The first-order chi connectivity index (χ1) is 15.0. The Hall–Kier alpha value is -0.200. The minimum Gasteiger partial charge on any atom is -0.393 e. The number of hydrogen-bond donors (Lipinski definition) is 5. The maximum absolute atomic E-state index is 10.2. The molecule has 0 aliphatic heterocycles. The molecule has 5 nitrogen and oxygen atoms in total. The summed E-state index contributed by atoms with van der Waals surface area (Å²) in [6, 6.07) is 0. The van der Waals surface area contributed by atoms with Gasteiger partial charge in [-0.05, 0) is 111 Å². The van der Waals surface area contributed by atoms with Crippen molar-refractivity contribution in [3.05, 3.63) is 0 Å². The molecule has 4 fully saturated rings. The van der Waals surface area contributed by atoms with Gasteiger partial charge in [0.15, 0.2) is 5.60 Å². The summed E-state index contributed by atoms with van der Waals surface area (Å²) in [6.07, 6.45) is 15.4. The number of aliphatic hydroxyl groups excluding tert-OH is 1. The first kappa shape index (κ1) is 24.9. The van der Waals surface area contributed by atoms with E-state index >= 15 is 0 Å². The van der Waals surface area contributed by atoms with Crippen molar-refractivity contribution in [3.63, 3.8) is 0 Å². The summed E-state index contributed by atoms with van der Waals surface area (Å²) in [7, 11) is 0. The van der Waals surface area contributed by atoms with Gasteiger partial charge in [-0.3, -0.25) is 0 Å². The van der Waals surface area contributed by atoms with Crippen LogP contribution in [0, 0.1) is 46.3 Å². The van der Waals surface area contributed by atoms with Gasteiger partial charge in [0.25, 0.3) is 0 Å². The molecule has 0 saturated heterocycles. The van der Waals surface area contributed by atoms with E-state index < -0.39 is 18.2 Å². The van der Waals surface area contributed by atoms with Crippen LogP contribution >= 0.6 is 0 Å². The van der Waals surface area contributed by atoms with Crippen LogP contribution < -0.4 is 0 Å². The van der Waals surface area contributed by atoms with Crippen molar-refractivity contribution < 1.29 is 25.5 Å². The number of hydrogen-bond acceptors (Lipinski definition) is 5. The number of rotatable bonds is 7. The molecule has 4 rings (SSSR count). The number of aliphatic hydroxyl groups is 5. The van der Waals surface area contributed by atoms with E-state index in [1.807, 2.05) is 0 Å². The fraction of sp³-hybridized carbons (Fsp3) is 1.00. The monoisotopic (exact) mass is 452 g/mol. The molecule has 0 aromatic carbocycles. The lowest BCUT2D eigenvalue weighted by molar-refractivity contribution is -0.397. The number of fused-ring (bicyclic) bond motifs is 5. The molecule has 0 bridgehead atoms. The lowest BCUT2D eigenvalue weighted by Crippen LogP contribution is -2.56. The molecule has 0 aromatic heterocycles. The van der Waals surface area contributed by atoms with Crippen LogP contribution in [0.15, 0.2) is 0 Å². The third kappa shape index (κ3) is 3.98. The second kappa shape index (κ2) is 8.78. The molecule has 4 saturated carbocycles. The molecule has 0 spiro atoms. The molecule has 5 N–H and O–H groups in total. The first-order valence-electron chi connectivity index (χ1n) is 13.5. The zero-order valence-electron chi connectivity index (χ0n) is 20.6. The zero-order valence-corrected chi connectivity index (χ0v) is 20.6. The van der Waals surface area contributed by atoms with E-state index in [0.29, 0.717) is 29.1 Å². The van der Waals surface area contributed by atoms with Gasteiger partial charge in [-0.25, -0.2) is 0 Å². The summed E-state index contributed by atoms with van der Waals surface area (Å²) in [5.74, 6) is 1.47. The highest BCUT2D eigenvalue weighted by Crippen LogP contribution is 2.68. The van der Waals surface area contributed by atoms with Crippen LogP contribution in [-0.4, -0.2) is 43.7 Å². The molecule has 4 aliphatic rings. The Bertz CT molecular complexity index is 661. The topological polar surface area (TPSA) is 101 Å². The molecule has 186 valence electrons. The maximum atomic E-state index is 10.2. The Morgan fingerprint density at radius 2 is 1.56 bits per heavy atom. The van der Waals surface area contributed by atoms with Gasteiger partial charge in [0.05, 0.1) is 6.61 Å². The third-order valence-electron chi connectivity index (χ3n) is 11.5. The van der Waals surface area contributed by atoms with E-state index in [1.54, 1.807) is 0 Å². The predicted octanol–water partition coefficient (Wildman–Crippen LogP) is 4.20. The SMILES string of the molecule is C[C@H](CCCC(O)(CO)C(O)(O)O)[C@H]1CC[C@H]2[C@@H]3CC[C@@H]4CCCC[C@]4(C)[C@H]3CC[C@]12C. The molecule has 0 heterocycles. The fourth-order valence-electron chi connectivity index (χ4n) is 9.54. The molecule has 0 aromatic rings. The van der Waals surface area contributed by atoms with Gasteiger partial charge in [0.2, 0.25) is 0 Å². The highest BCUT2D eigenvalue weighted by Gasteiger charge is 2.60. The average Bonchev–Trinajstić information content (AvgIpc) is 3.09. The third-order valence-corrected chi connectivity index (χ3v) is 11.5. The van der Waals surface area contributed by atoms with Crippen LogP contribution in [0.2, 0.25) is 0 Å². The van der Waals surface area contributed by atoms with Crippen molar-refractivity contribution >= 4 is 0 Å². The van der Waals surface area contributed by atoms with Gasteiger partial charge in [-0.15, -0.1) is 0 Å². The van der Waals surface area contributed by atoms with Crippen molar-refractivity contribution in [2.24, 2.45) is 46.3 Å². The van der Waals surface area contributed by atoms with Gasteiger partial charge in [0, 0.05) is 0 Å². The Kier molecular flexibility index (Phi) is 6.84.